The van der Waals surface area contributed by atoms with Crippen LogP contribution in [0.4, 0.5) is 48.3 Å². The second-order valence-electron chi connectivity index (χ2n) is 4.27. The van der Waals surface area contributed by atoms with Crippen molar-refractivity contribution in [1.82, 2.24) is 0 Å². The van der Waals surface area contributed by atoms with Crippen molar-refractivity contribution in [3.05, 3.63) is 0 Å². The summed E-state index contributed by atoms with van der Waals surface area (Å²) >= 11 is 0. The van der Waals surface area contributed by atoms with Gasteiger partial charge in [-0.05, 0) is 6.92 Å². The Morgan fingerprint density at radius 1 is 0.708 bits per heavy atom. The maximum absolute atomic E-state index is 13.5. The number of rotatable bonds is 5. The molecule has 4 nitrogen and oxygen atoms in total. The summed E-state index contributed by atoms with van der Waals surface area (Å²) < 4.78 is 138. The number of esters is 2. The molecule has 0 aliphatic carbocycles. The van der Waals surface area contributed by atoms with E-state index >= 15 is 0 Å². The lowest BCUT2D eigenvalue weighted by Crippen LogP contribution is -2.47. The highest BCUT2D eigenvalue weighted by Crippen LogP contribution is 2.39. The van der Waals surface area contributed by atoms with Gasteiger partial charge < -0.3 is 9.47 Å². The van der Waals surface area contributed by atoms with Gasteiger partial charge in [0.25, 0.3) is 0 Å². The molecule has 0 amide bonds. The Kier molecular flexibility index (Phi) is 5.76. The number of hydrogen-bond donors (Lipinski definition) is 0. The van der Waals surface area contributed by atoms with Crippen LogP contribution in [0.25, 0.3) is 0 Å². The summed E-state index contributed by atoms with van der Waals surface area (Å²) in [6.45, 7) is -0.172. The highest BCUT2D eigenvalue weighted by atomic mass is 19.4. The molecule has 142 valence electrons. The van der Waals surface area contributed by atoms with E-state index in [1.807, 2.05) is 0 Å². The number of hydrogen-bond acceptors (Lipinski definition) is 4. The van der Waals surface area contributed by atoms with Crippen LogP contribution >= 0.6 is 0 Å². The van der Waals surface area contributed by atoms with Crippen LogP contribution in [0.3, 0.4) is 0 Å². The summed E-state index contributed by atoms with van der Waals surface area (Å²) in [5.74, 6) is -5.80. The van der Waals surface area contributed by atoms with Gasteiger partial charge >= 0.3 is 36.5 Å². The summed E-state index contributed by atoms with van der Waals surface area (Å²) in [6, 6.07) is 0. The molecule has 0 radical (unpaired) electrons. The molecule has 0 N–H and O–H groups in total. The summed E-state index contributed by atoms with van der Waals surface area (Å²) in [6.07, 6.45) is -27.6. The van der Waals surface area contributed by atoms with E-state index in [-0.39, 0.29) is 6.92 Å². The number of carbonyl (C=O) groups excluding carboxylic acids is 2. The lowest BCUT2D eigenvalue weighted by atomic mass is 10.1. The molecular formula is C9H5F11O4. The average Bonchev–Trinajstić information content (AvgIpc) is 2.22. The smallest absolute Gasteiger partial charge is 0.394 e. The largest absolute Gasteiger partial charge is 0.501 e. The predicted molar refractivity (Wildman–Crippen MR) is 48.3 cm³/mol. The first-order chi connectivity index (χ1) is 10.2. The van der Waals surface area contributed by atoms with E-state index in [0.717, 1.165) is 0 Å². The van der Waals surface area contributed by atoms with Crippen molar-refractivity contribution in [3.63, 3.8) is 0 Å². The van der Waals surface area contributed by atoms with Crippen LogP contribution in [-0.4, -0.2) is 42.2 Å². The van der Waals surface area contributed by atoms with Crippen molar-refractivity contribution in [2.45, 2.75) is 43.6 Å². The van der Waals surface area contributed by atoms with Crippen molar-refractivity contribution in [2.75, 3.05) is 0 Å². The summed E-state index contributed by atoms with van der Waals surface area (Å²) in [7, 11) is 0. The third-order valence-corrected chi connectivity index (χ3v) is 2.02. The number of carbonyl (C=O) groups is 2. The third-order valence-electron chi connectivity index (χ3n) is 2.02. The molecular weight excluding hydrogens is 381 g/mol. The second-order valence-corrected chi connectivity index (χ2v) is 4.27. The molecule has 1 atom stereocenters. The van der Waals surface area contributed by atoms with Crippen LogP contribution in [0.15, 0.2) is 0 Å². The van der Waals surface area contributed by atoms with E-state index in [1.165, 1.54) is 0 Å². The minimum Gasteiger partial charge on any atom is -0.394 e. The van der Waals surface area contributed by atoms with Gasteiger partial charge in [0.15, 0.2) is 0 Å². The molecule has 0 aromatic heterocycles. The molecule has 0 fully saturated rings. The van der Waals surface area contributed by atoms with E-state index in [1.54, 1.807) is 0 Å². The maximum Gasteiger partial charge on any atom is 0.501 e. The molecule has 24 heavy (non-hydrogen) atoms. The minimum atomic E-state index is -6.47. The van der Waals surface area contributed by atoms with Crippen LogP contribution < -0.4 is 0 Å². The fourth-order valence-electron chi connectivity index (χ4n) is 0.861. The zero-order valence-corrected chi connectivity index (χ0v) is 11.0. The van der Waals surface area contributed by atoms with Gasteiger partial charge in [0.2, 0.25) is 5.67 Å². The van der Waals surface area contributed by atoms with Gasteiger partial charge in [0.1, 0.15) is 0 Å². The average molecular weight is 386 g/mol. The first-order valence-corrected chi connectivity index (χ1v) is 5.26. The molecule has 0 heterocycles. The third kappa shape index (κ3) is 5.36. The number of alkyl halides is 11. The monoisotopic (exact) mass is 386 g/mol. The Hall–Kier alpha value is -1.83. The Bertz CT molecular complexity index is 491. The molecule has 0 bridgehead atoms. The number of halogens is 11. The Balaban J connectivity index is 5.04. The van der Waals surface area contributed by atoms with Crippen LogP contribution in [0, 0.1) is 0 Å². The van der Waals surface area contributed by atoms with E-state index < -0.39 is 48.6 Å². The van der Waals surface area contributed by atoms with Crippen LogP contribution in [0.1, 0.15) is 13.3 Å². The summed E-state index contributed by atoms with van der Waals surface area (Å²) in [5, 5.41) is 0. The molecule has 0 saturated carbocycles. The van der Waals surface area contributed by atoms with Crippen molar-refractivity contribution < 1.29 is 67.4 Å². The van der Waals surface area contributed by atoms with Gasteiger partial charge in [-0.25, -0.2) is 9.18 Å². The fraction of sp³-hybridized carbons (Fsp3) is 0.778. The zero-order valence-electron chi connectivity index (χ0n) is 11.0. The highest BCUT2D eigenvalue weighted by molar-refractivity contribution is 5.85. The molecule has 0 aromatic carbocycles. The second kappa shape index (κ2) is 6.23. The summed E-state index contributed by atoms with van der Waals surface area (Å²) in [4.78, 5) is 21.6. The van der Waals surface area contributed by atoms with Crippen molar-refractivity contribution in [1.29, 1.82) is 0 Å². The molecule has 1 unspecified atom stereocenters. The highest BCUT2D eigenvalue weighted by Gasteiger charge is 2.64. The molecule has 0 spiro atoms. The van der Waals surface area contributed by atoms with Crippen LogP contribution in [0.2, 0.25) is 0 Å². The van der Waals surface area contributed by atoms with Gasteiger partial charge in [0.05, 0.1) is 6.42 Å². The molecule has 0 aliphatic rings. The normalized spacial score (nSPS) is 16.3. The topological polar surface area (TPSA) is 52.6 Å². The lowest BCUT2D eigenvalue weighted by molar-refractivity contribution is -0.379. The fourth-order valence-corrected chi connectivity index (χ4v) is 0.861. The van der Waals surface area contributed by atoms with Crippen molar-refractivity contribution in [3.8, 4) is 0 Å². The van der Waals surface area contributed by atoms with Crippen LogP contribution in [-0.2, 0) is 19.1 Å². The van der Waals surface area contributed by atoms with E-state index in [9.17, 15) is 57.9 Å². The van der Waals surface area contributed by atoms with Gasteiger partial charge in [-0.15, -0.1) is 0 Å². The zero-order chi connectivity index (χ0) is 19.8. The molecule has 15 heteroatoms. The van der Waals surface area contributed by atoms with Gasteiger partial charge in [-0.2, -0.15) is 43.9 Å². The quantitative estimate of drug-likeness (QED) is 0.536. The Morgan fingerprint density at radius 2 is 1.04 bits per heavy atom. The lowest BCUT2D eigenvalue weighted by Gasteiger charge is -2.24. The van der Waals surface area contributed by atoms with Gasteiger partial charge in [-0.3, -0.25) is 4.79 Å². The van der Waals surface area contributed by atoms with E-state index in [4.69, 9.17) is 0 Å². The maximum atomic E-state index is 13.5. The Morgan fingerprint density at radius 3 is 1.38 bits per heavy atom. The van der Waals surface area contributed by atoms with Gasteiger partial charge in [-0.1, -0.05) is 0 Å². The van der Waals surface area contributed by atoms with Gasteiger partial charge in [0, 0.05) is 0 Å². The first kappa shape index (κ1) is 22.2. The van der Waals surface area contributed by atoms with Crippen molar-refractivity contribution >= 4 is 11.9 Å². The summed E-state index contributed by atoms with van der Waals surface area (Å²) in [5.41, 5.74) is -4.12. The van der Waals surface area contributed by atoms with Crippen molar-refractivity contribution in [2.24, 2.45) is 0 Å². The molecule has 0 aromatic rings. The standard InChI is InChI=1S/C9H5F11O4/c1-5(10,4(22)24-9(19,20)7(14,15)16)2-3(21)23-8(17,18)6(11,12)13/h2H2,1H3. The van der Waals surface area contributed by atoms with Crippen LogP contribution in [0.5, 0.6) is 0 Å². The number of ether oxygens (including phenoxy) is 2. The molecule has 0 rings (SSSR count). The molecule has 0 saturated heterocycles. The molecule has 0 aliphatic heterocycles. The van der Waals surface area contributed by atoms with E-state index in [2.05, 4.69) is 9.47 Å². The Labute approximate surface area is 124 Å². The van der Waals surface area contributed by atoms with E-state index in [0.29, 0.717) is 0 Å². The predicted octanol–water partition coefficient (Wildman–Crippen LogP) is 3.50. The first-order valence-electron chi connectivity index (χ1n) is 5.26. The SMILES string of the molecule is CC(F)(CC(=O)OC(F)(F)C(F)(F)F)C(=O)OC(F)(F)C(F)(F)F. The minimum absolute atomic E-state index is 0.172.